The molecule has 2 atom stereocenters. The minimum atomic E-state index is -0.447. The second kappa shape index (κ2) is 17.8. The van der Waals surface area contributed by atoms with Crippen LogP contribution in [0.25, 0.3) is 0 Å². The zero-order valence-corrected chi connectivity index (χ0v) is 21.1. The van der Waals surface area contributed by atoms with Gasteiger partial charge in [0.1, 0.15) is 11.9 Å². The molecular weight excluding hydrogens is 414 g/mol. The Labute approximate surface area is 202 Å². The molecule has 1 aromatic rings. The molecule has 1 aliphatic heterocycles. The molecule has 1 aliphatic rings. The molecule has 1 heterocycles. The Bertz CT molecular complexity index is 619. The number of carbonyl (C=O) groups is 1. The van der Waals surface area contributed by atoms with Gasteiger partial charge in [-0.2, -0.15) is 0 Å². The molecule has 2 rings (SSSR count). The van der Waals surface area contributed by atoms with Crippen molar-refractivity contribution >= 4 is 11.6 Å². The van der Waals surface area contributed by atoms with Crippen molar-refractivity contribution in [1.29, 1.82) is 0 Å². The Kier molecular flexibility index (Phi) is 14.9. The van der Waals surface area contributed by atoms with Crippen molar-refractivity contribution in [2.24, 2.45) is 0 Å². The summed E-state index contributed by atoms with van der Waals surface area (Å²) in [5, 5.41) is 2.98. The summed E-state index contributed by atoms with van der Waals surface area (Å²) in [4.78, 5) is 12.7. The Morgan fingerprint density at radius 1 is 0.879 bits per heavy atom. The molecule has 1 fully saturated rings. The maximum atomic E-state index is 12.7. The predicted molar refractivity (Wildman–Crippen MR) is 136 cm³/mol. The highest BCUT2D eigenvalue weighted by Gasteiger charge is 2.28. The second-order valence-electron chi connectivity index (χ2n) is 9.27. The minimum absolute atomic E-state index is 0.0939. The van der Waals surface area contributed by atoms with E-state index in [2.05, 4.69) is 19.2 Å². The first-order chi connectivity index (χ1) is 16.2. The Morgan fingerprint density at radius 2 is 1.48 bits per heavy atom. The van der Waals surface area contributed by atoms with Gasteiger partial charge < -0.3 is 19.5 Å². The van der Waals surface area contributed by atoms with E-state index in [-0.39, 0.29) is 12.0 Å². The lowest BCUT2D eigenvalue weighted by Gasteiger charge is -2.28. The zero-order valence-electron chi connectivity index (χ0n) is 21.1. The molecule has 0 radical (unpaired) electrons. The van der Waals surface area contributed by atoms with Crippen LogP contribution in [0.5, 0.6) is 5.75 Å². The van der Waals surface area contributed by atoms with Crippen LogP contribution in [-0.2, 0) is 14.3 Å². The SMILES string of the molecule is CCCCCCCCOc1ccc(NC(=O)C2CC(OCCCCCCCC)CCO2)cc1. The summed E-state index contributed by atoms with van der Waals surface area (Å²) in [5.74, 6) is 0.752. The van der Waals surface area contributed by atoms with Gasteiger partial charge in [-0.25, -0.2) is 0 Å². The number of amides is 1. The number of hydrogen-bond donors (Lipinski definition) is 1. The van der Waals surface area contributed by atoms with E-state index in [1.807, 2.05) is 24.3 Å². The molecule has 0 bridgehead atoms. The maximum absolute atomic E-state index is 12.7. The Balaban J connectivity index is 1.61. The van der Waals surface area contributed by atoms with E-state index >= 15 is 0 Å². The number of anilines is 1. The normalized spacial score (nSPS) is 18.2. The molecule has 0 saturated carbocycles. The number of nitrogens with one attached hydrogen (secondary N) is 1. The third kappa shape index (κ3) is 12.4. The molecule has 2 unspecified atom stereocenters. The molecule has 33 heavy (non-hydrogen) atoms. The van der Waals surface area contributed by atoms with E-state index in [1.54, 1.807) is 0 Å². The van der Waals surface area contributed by atoms with Crippen molar-refractivity contribution < 1.29 is 19.0 Å². The second-order valence-corrected chi connectivity index (χ2v) is 9.27. The van der Waals surface area contributed by atoms with E-state index in [0.717, 1.165) is 43.9 Å². The highest BCUT2D eigenvalue weighted by molar-refractivity contribution is 5.94. The van der Waals surface area contributed by atoms with Crippen molar-refractivity contribution in [1.82, 2.24) is 0 Å². The van der Waals surface area contributed by atoms with Gasteiger partial charge in [-0.05, 0) is 43.5 Å². The minimum Gasteiger partial charge on any atom is -0.494 e. The topological polar surface area (TPSA) is 56.8 Å². The number of benzene rings is 1. The van der Waals surface area contributed by atoms with Crippen LogP contribution in [0, 0.1) is 0 Å². The average molecular weight is 462 g/mol. The van der Waals surface area contributed by atoms with Gasteiger partial charge in [0.2, 0.25) is 0 Å². The molecule has 188 valence electrons. The van der Waals surface area contributed by atoms with Gasteiger partial charge in [-0.1, -0.05) is 78.1 Å². The Morgan fingerprint density at radius 3 is 2.15 bits per heavy atom. The molecule has 5 nitrogen and oxygen atoms in total. The quantitative estimate of drug-likeness (QED) is 0.233. The number of ether oxygens (including phenoxy) is 3. The summed E-state index contributed by atoms with van der Waals surface area (Å²) in [6, 6.07) is 7.62. The van der Waals surface area contributed by atoms with Crippen LogP contribution < -0.4 is 10.1 Å². The van der Waals surface area contributed by atoms with Gasteiger partial charge in [-0.15, -0.1) is 0 Å². The van der Waals surface area contributed by atoms with E-state index in [4.69, 9.17) is 14.2 Å². The molecule has 1 aromatic carbocycles. The third-order valence-electron chi connectivity index (χ3n) is 6.27. The van der Waals surface area contributed by atoms with E-state index in [1.165, 1.54) is 64.2 Å². The zero-order chi connectivity index (χ0) is 23.6. The fraction of sp³-hybridized carbons (Fsp3) is 0.750. The fourth-order valence-electron chi connectivity index (χ4n) is 4.16. The maximum Gasteiger partial charge on any atom is 0.253 e. The molecule has 0 spiro atoms. The van der Waals surface area contributed by atoms with Crippen molar-refractivity contribution in [3.63, 3.8) is 0 Å². The number of carbonyl (C=O) groups excluding carboxylic acids is 1. The van der Waals surface area contributed by atoms with Crippen molar-refractivity contribution in [3.8, 4) is 5.75 Å². The third-order valence-corrected chi connectivity index (χ3v) is 6.27. The van der Waals surface area contributed by atoms with Crippen LogP contribution in [0.1, 0.15) is 104 Å². The van der Waals surface area contributed by atoms with Crippen LogP contribution in [-0.4, -0.2) is 37.9 Å². The van der Waals surface area contributed by atoms with Gasteiger partial charge in [0.05, 0.1) is 19.3 Å². The number of unbranched alkanes of at least 4 members (excludes halogenated alkanes) is 10. The van der Waals surface area contributed by atoms with Crippen molar-refractivity contribution in [3.05, 3.63) is 24.3 Å². The lowest BCUT2D eigenvalue weighted by atomic mass is 10.0. The number of hydrogen-bond acceptors (Lipinski definition) is 4. The van der Waals surface area contributed by atoms with Crippen molar-refractivity contribution in [2.75, 3.05) is 25.1 Å². The van der Waals surface area contributed by atoms with Crippen LogP contribution in [0.3, 0.4) is 0 Å². The lowest BCUT2D eigenvalue weighted by molar-refractivity contribution is -0.137. The van der Waals surface area contributed by atoms with Crippen molar-refractivity contribution in [2.45, 2.75) is 116 Å². The Hall–Kier alpha value is -1.59. The molecule has 0 aromatic heterocycles. The summed E-state index contributed by atoms with van der Waals surface area (Å²) >= 11 is 0. The molecule has 0 aliphatic carbocycles. The standard InChI is InChI=1S/C28H47NO4/c1-3-5-7-9-11-13-20-31-25-17-15-24(16-18-25)29-28(30)27-23-26(19-22-33-27)32-21-14-12-10-8-6-4-2/h15-18,26-27H,3-14,19-23H2,1-2H3,(H,29,30). The molecular formula is C28H47NO4. The summed E-state index contributed by atoms with van der Waals surface area (Å²) in [7, 11) is 0. The summed E-state index contributed by atoms with van der Waals surface area (Å²) < 4.78 is 17.6. The summed E-state index contributed by atoms with van der Waals surface area (Å²) in [6.07, 6.45) is 16.2. The van der Waals surface area contributed by atoms with Gasteiger partial charge in [0.25, 0.3) is 5.91 Å². The highest BCUT2D eigenvalue weighted by atomic mass is 16.5. The predicted octanol–water partition coefficient (Wildman–Crippen LogP) is 7.29. The van der Waals surface area contributed by atoms with Crippen LogP contribution in [0.2, 0.25) is 0 Å². The van der Waals surface area contributed by atoms with E-state index < -0.39 is 6.10 Å². The van der Waals surface area contributed by atoms with Crippen LogP contribution in [0.4, 0.5) is 5.69 Å². The monoisotopic (exact) mass is 461 g/mol. The van der Waals surface area contributed by atoms with Gasteiger partial charge in [0, 0.05) is 18.7 Å². The summed E-state index contributed by atoms with van der Waals surface area (Å²) in [5.41, 5.74) is 0.769. The first-order valence-corrected chi connectivity index (χ1v) is 13.5. The van der Waals surface area contributed by atoms with Gasteiger partial charge >= 0.3 is 0 Å². The smallest absolute Gasteiger partial charge is 0.253 e. The van der Waals surface area contributed by atoms with Crippen LogP contribution >= 0.6 is 0 Å². The van der Waals surface area contributed by atoms with E-state index in [9.17, 15) is 4.79 Å². The largest absolute Gasteiger partial charge is 0.494 e. The van der Waals surface area contributed by atoms with Gasteiger partial charge in [0.15, 0.2) is 0 Å². The summed E-state index contributed by atoms with van der Waals surface area (Å²) in [6.45, 7) is 6.58. The molecule has 1 N–H and O–H groups in total. The lowest BCUT2D eigenvalue weighted by Crippen LogP contribution is -2.39. The average Bonchev–Trinajstić information content (AvgIpc) is 2.84. The molecule has 1 amide bonds. The first-order valence-electron chi connectivity index (χ1n) is 13.5. The fourth-order valence-corrected chi connectivity index (χ4v) is 4.16. The van der Waals surface area contributed by atoms with E-state index in [0.29, 0.717) is 13.0 Å². The first kappa shape index (κ1) is 27.7. The molecule has 5 heteroatoms. The molecule has 1 saturated heterocycles. The van der Waals surface area contributed by atoms with Crippen LogP contribution in [0.15, 0.2) is 24.3 Å². The number of rotatable bonds is 18. The van der Waals surface area contributed by atoms with Gasteiger partial charge in [-0.3, -0.25) is 4.79 Å². The highest BCUT2D eigenvalue weighted by Crippen LogP contribution is 2.21.